The van der Waals surface area contributed by atoms with Crippen LogP contribution < -0.4 is 20.1 Å². The van der Waals surface area contributed by atoms with Gasteiger partial charge in [-0.15, -0.1) is 0 Å². The Labute approximate surface area is 79.2 Å². The molecule has 10 heavy (non-hydrogen) atoms. The van der Waals surface area contributed by atoms with Gasteiger partial charge in [0.05, 0.1) is 0 Å². The van der Waals surface area contributed by atoms with Crippen molar-refractivity contribution in [2.75, 3.05) is 0 Å². The van der Waals surface area contributed by atoms with E-state index < -0.39 is 14.6 Å². The Bertz CT molecular complexity index is 29.2. The van der Waals surface area contributed by atoms with Crippen LogP contribution in [0.3, 0.4) is 0 Å². The Balaban J connectivity index is -0.0000000300. The molecule has 0 aromatic carbocycles. The molecule has 0 aliphatic carbocycles. The largest absolute Gasteiger partial charge is 2.00 e. The standard InChI is InChI=1S/BH2O3.BO3.2Mn/c2*2-1(3)4;;/h2-3H;;;/q-1;-3;2*+2. The van der Waals surface area contributed by atoms with Gasteiger partial charge in [-0.1, -0.05) is 0 Å². The minimum atomic E-state index is -2.92. The Morgan fingerprint density at radius 2 is 0.800 bits per heavy atom. The quantitative estimate of drug-likeness (QED) is 0.397. The Hall–Kier alpha value is 0.929. The van der Waals surface area contributed by atoms with E-state index in [1.807, 2.05) is 0 Å². The van der Waals surface area contributed by atoms with Gasteiger partial charge in [0.2, 0.25) is 0 Å². The van der Waals surface area contributed by atoms with Gasteiger partial charge in [0.15, 0.2) is 0 Å². The van der Waals surface area contributed by atoms with Crippen LogP contribution >= 0.6 is 0 Å². The fraction of sp³-hybridized carbons (Fsp3) is 0. The second-order valence-electron chi connectivity index (χ2n) is 0.615. The molecule has 0 atom stereocenters. The van der Waals surface area contributed by atoms with Gasteiger partial charge in [-0.2, -0.15) is 0 Å². The van der Waals surface area contributed by atoms with Gasteiger partial charge in [-0.3, -0.25) is 7.32 Å². The fourth-order valence-corrected chi connectivity index (χ4v) is 0. The molecule has 0 rings (SSSR count). The van der Waals surface area contributed by atoms with E-state index in [0.717, 1.165) is 0 Å². The van der Waals surface area contributed by atoms with Gasteiger partial charge in [0.1, 0.15) is 0 Å². The minimum absolute atomic E-state index is 0. The van der Waals surface area contributed by atoms with Crippen molar-refractivity contribution in [2.45, 2.75) is 0 Å². The molecule has 0 amide bonds. The van der Waals surface area contributed by atoms with Crippen molar-refractivity contribution in [1.82, 2.24) is 0 Å². The van der Waals surface area contributed by atoms with Crippen LogP contribution in [-0.2, 0) is 34.1 Å². The summed E-state index contributed by atoms with van der Waals surface area (Å²) in [6.07, 6.45) is 0. The van der Waals surface area contributed by atoms with Gasteiger partial charge in [0, 0.05) is 0 Å². The number of hydrogen-bond acceptors (Lipinski definition) is 6. The van der Waals surface area contributed by atoms with Crippen molar-refractivity contribution in [3.8, 4) is 0 Å². The molecule has 0 fully saturated rings. The molecule has 0 saturated heterocycles. The minimum Gasteiger partial charge on any atom is -0.907 e. The third kappa shape index (κ3) is 651. The van der Waals surface area contributed by atoms with E-state index in [4.69, 9.17) is 30.1 Å². The van der Waals surface area contributed by atoms with E-state index in [2.05, 4.69) is 0 Å². The molecule has 6 nitrogen and oxygen atoms in total. The van der Waals surface area contributed by atoms with Gasteiger partial charge >= 0.3 is 41.5 Å². The Morgan fingerprint density at radius 1 is 0.800 bits per heavy atom. The van der Waals surface area contributed by atoms with Gasteiger partial charge in [-0.25, -0.2) is 0 Å². The molecule has 0 saturated carbocycles. The zero-order valence-corrected chi connectivity index (χ0v) is 6.80. The zero-order valence-electron chi connectivity index (χ0n) is 4.44. The molecule has 2 N–H and O–H groups in total. The first-order valence-corrected chi connectivity index (χ1v) is 1.46. The van der Waals surface area contributed by atoms with Crippen molar-refractivity contribution in [3.05, 3.63) is 0 Å². The second kappa shape index (κ2) is 16.5. The predicted molar refractivity (Wildman–Crippen MR) is 15.9 cm³/mol. The summed E-state index contributed by atoms with van der Waals surface area (Å²) in [6, 6.07) is 0. The molecular weight excluding hydrogens is 227 g/mol. The van der Waals surface area contributed by atoms with Crippen LogP contribution in [0.4, 0.5) is 0 Å². The summed E-state index contributed by atoms with van der Waals surface area (Å²) < 4.78 is 0. The van der Waals surface area contributed by atoms with Gasteiger partial charge in [0.25, 0.3) is 0 Å². The summed E-state index contributed by atoms with van der Waals surface area (Å²) in [5.41, 5.74) is 0. The van der Waals surface area contributed by atoms with E-state index in [1.165, 1.54) is 0 Å². The van der Waals surface area contributed by atoms with Crippen molar-refractivity contribution >= 4 is 14.6 Å². The zero-order chi connectivity index (χ0) is 7.15. The van der Waals surface area contributed by atoms with Crippen LogP contribution in [0.1, 0.15) is 0 Å². The summed E-state index contributed by atoms with van der Waals surface area (Å²) >= 11 is 0. The number of rotatable bonds is 0. The monoisotopic (exact) mass is 230 g/mol. The Morgan fingerprint density at radius 3 is 0.800 bits per heavy atom. The first-order chi connectivity index (χ1) is 3.46. The molecule has 0 aromatic heterocycles. The first-order valence-electron chi connectivity index (χ1n) is 1.46. The summed E-state index contributed by atoms with van der Waals surface area (Å²) in [5.74, 6) is 0. The van der Waals surface area contributed by atoms with Crippen molar-refractivity contribution in [3.63, 3.8) is 0 Å². The molecular formula is H2B2Mn2O6. The normalized spacial score (nSPS) is 5.40. The molecule has 58 valence electrons. The van der Waals surface area contributed by atoms with Crippen LogP contribution in [0.25, 0.3) is 0 Å². The summed E-state index contributed by atoms with van der Waals surface area (Å²) in [7, 11) is -5.33. The first kappa shape index (κ1) is 22.4. The summed E-state index contributed by atoms with van der Waals surface area (Å²) in [5, 5.41) is 48.0. The molecule has 0 unspecified atom stereocenters. The van der Waals surface area contributed by atoms with Crippen molar-refractivity contribution in [1.29, 1.82) is 0 Å². The second-order valence-corrected chi connectivity index (χ2v) is 0.615. The van der Waals surface area contributed by atoms with E-state index in [-0.39, 0.29) is 34.1 Å². The molecule has 0 heterocycles. The molecule has 10 heteroatoms. The fourth-order valence-electron chi connectivity index (χ4n) is 0. The maximum atomic E-state index is 8.64. The van der Waals surface area contributed by atoms with Crippen LogP contribution in [0.15, 0.2) is 0 Å². The van der Waals surface area contributed by atoms with Crippen LogP contribution in [-0.4, -0.2) is 24.7 Å². The van der Waals surface area contributed by atoms with E-state index in [9.17, 15) is 0 Å². The summed E-state index contributed by atoms with van der Waals surface area (Å²) in [6.45, 7) is 0. The van der Waals surface area contributed by atoms with Crippen molar-refractivity contribution < 1.29 is 64.3 Å². The number of hydrogen-bond donors (Lipinski definition) is 2. The smallest absolute Gasteiger partial charge is 0.907 e. The predicted octanol–water partition coefficient (Wildman–Crippen LogP) is -6.64. The van der Waals surface area contributed by atoms with E-state index in [0.29, 0.717) is 0 Å². The molecule has 2 radical (unpaired) electrons. The molecule has 0 aromatic rings. The van der Waals surface area contributed by atoms with Crippen molar-refractivity contribution in [2.24, 2.45) is 0 Å². The average Bonchev–Trinajstić information content (AvgIpc) is 1.25. The Kier molecular flexibility index (Phi) is 37.0. The van der Waals surface area contributed by atoms with Crippen LogP contribution in [0.2, 0.25) is 0 Å². The summed E-state index contributed by atoms with van der Waals surface area (Å²) in [4.78, 5) is 0. The molecule has 0 aliphatic heterocycles. The molecule has 0 spiro atoms. The molecule has 0 aliphatic rings. The topological polar surface area (TPSA) is 133 Å². The molecule has 0 bridgehead atoms. The van der Waals surface area contributed by atoms with Gasteiger partial charge in [-0.05, 0) is 0 Å². The SMILES string of the molecule is [Mn+2].[Mn+2].[O-]B(O)O.[O-]B([O-])[O-]. The van der Waals surface area contributed by atoms with Gasteiger partial charge < -0.3 is 30.1 Å². The maximum Gasteiger partial charge on any atom is 2.00 e. The van der Waals surface area contributed by atoms with Crippen LogP contribution in [0.5, 0.6) is 0 Å². The van der Waals surface area contributed by atoms with E-state index >= 15 is 0 Å². The third-order valence-electron chi connectivity index (χ3n) is 0. The third-order valence-corrected chi connectivity index (χ3v) is 0. The average molecular weight is 230 g/mol. The van der Waals surface area contributed by atoms with Crippen LogP contribution in [0, 0.1) is 0 Å². The maximum absolute atomic E-state index is 8.64. The van der Waals surface area contributed by atoms with E-state index in [1.54, 1.807) is 0 Å².